The lowest BCUT2D eigenvalue weighted by Crippen LogP contribution is -3.00. The van der Waals surface area contributed by atoms with Crippen molar-refractivity contribution in [2.75, 3.05) is 34.3 Å². The minimum Gasteiger partial charge on any atom is -1.00 e. The number of ether oxygens (including phenoxy) is 1. The summed E-state index contributed by atoms with van der Waals surface area (Å²) in [5.74, 6) is 3.37. The van der Waals surface area contributed by atoms with Crippen LogP contribution in [0.25, 0.3) is 0 Å². The van der Waals surface area contributed by atoms with Crippen LogP contribution >= 0.6 is 0 Å². The summed E-state index contributed by atoms with van der Waals surface area (Å²) in [4.78, 5) is 14.8. The fourth-order valence-corrected chi connectivity index (χ4v) is 6.17. The van der Waals surface area contributed by atoms with E-state index in [2.05, 4.69) is 22.3 Å². The summed E-state index contributed by atoms with van der Waals surface area (Å²) in [5, 5.41) is 3.05. The van der Waals surface area contributed by atoms with Crippen molar-refractivity contribution in [1.82, 2.24) is 10.2 Å². The molecule has 0 unspecified atom stereocenters. The molecule has 5 rings (SSSR count). The highest BCUT2D eigenvalue weighted by molar-refractivity contribution is 5.97. The van der Waals surface area contributed by atoms with Crippen molar-refractivity contribution < 1.29 is 21.9 Å². The molecule has 0 spiro atoms. The van der Waals surface area contributed by atoms with Gasteiger partial charge in [0.1, 0.15) is 5.75 Å². The largest absolute Gasteiger partial charge is 1.00 e. The Hall–Kier alpha value is -1.26. The second kappa shape index (κ2) is 8.00. The van der Waals surface area contributed by atoms with Gasteiger partial charge in [0.25, 0.3) is 5.91 Å². The van der Waals surface area contributed by atoms with Gasteiger partial charge in [0.2, 0.25) is 0 Å². The zero-order chi connectivity index (χ0) is 18.3. The lowest BCUT2D eigenvalue weighted by Gasteiger charge is -2.57. The van der Waals surface area contributed by atoms with Gasteiger partial charge in [-0.2, -0.15) is 0 Å². The zero-order valence-electron chi connectivity index (χ0n) is 16.8. The molecule has 4 aliphatic carbocycles. The van der Waals surface area contributed by atoms with E-state index in [0.717, 1.165) is 24.3 Å². The van der Waals surface area contributed by atoms with E-state index in [1.165, 1.54) is 44.1 Å². The van der Waals surface area contributed by atoms with Gasteiger partial charge in [-0.25, -0.2) is 0 Å². The summed E-state index contributed by atoms with van der Waals surface area (Å²) in [5.41, 5.74) is 2.37. The number of likely N-dealkylation sites (N-methyl/N-ethyl adjacent to an activating group) is 1. The molecule has 4 fully saturated rings. The summed E-state index contributed by atoms with van der Waals surface area (Å²) >= 11 is 0. The normalized spacial score (nSPS) is 30.9. The summed E-state index contributed by atoms with van der Waals surface area (Å²) in [6, 6.07) is 6.37. The van der Waals surface area contributed by atoms with Crippen LogP contribution in [-0.4, -0.2) is 45.1 Å². The van der Waals surface area contributed by atoms with Gasteiger partial charge in [0.15, 0.2) is 0 Å². The van der Waals surface area contributed by atoms with Gasteiger partial charge >= 0.3 is 0 Å². The first-order valence-corrected chi connectivity index (χ1v) is 10.1. The Balaban J connectivity index is 0.00000210. The Morgan fingerprint density at radius 1 is 1.15 bits per heavy atom. The molecular formula is C22H32ClN2O2-. The maximum atomic E-state index is 12.8. The summed E-state index contributed by atoms with van der Waals surface area (Å²) in [6.07, 6.45) is 8.25. The third-order valence-corrected chi connectivity index (χ3v) is 6.94. The Labute approximate surface area is 169 Å². The van der Waals surface area contributed by atoms with Crippen LogP contribution in [0.2, 0.25) is 0 Å². The van der Waals surface area contributed by atoms with Gasteiger partial charge in [-0.15, -0.1) is 0 Å². The van der Waals surface area contributed by atoms with E-state index < -0.39 is 0 Å². The average molecular weight is 392 g/mol. The van der Waals surface area contributed by atoms with Gasteiger partial charge in [-0.3, -0.25) is 4.79 Å². The molecule has 4 aliphatic rings. The minimum atomic E-state index is -0.0183. The Morgan fingerprint density at radius 3 is 2.26 bits per heavy atom. The summed E-state index contributed by atoms with van der Waals surface area (Å²) in [6.45, 7) is 1.49. The lowest BCUT2D eigenvalue weighted by molar-refractivity contribution is -0.00524. The number of nitrogens with zero attached hydrogens (tertiary/aromatic N) is 1. The maximum Gasteiger partial charge on any atom is 0.255 e. The SMILES string of the molecule is COc1ccc(C23CC4CC(CC(C4)C2)C3)cc1C(=O)NCCN(C)C.[Cl-]. The number of rotatable bonds is 6. The second-order valence-electron chi connectivity index (χ2n) is 9.17. The van der Waals surface area contributed by atoms with Crippen LogP contribution in [0.5, 0.6) is 5.75 Å². The number of nitrogens with one attached hydrogen (secondary N) is 1. The predicted octanol–water partition coefficient (Wildman–Crippen LogP) is 0.458. The molecule has 1 amide bonds. The second-order valence-corrected chi connectivity index (χ2v) is 9.17. The molecule has 4 saturated carbocycles. The number of halogens is 1. The van der Waals surface area contributed by atoms with Gasteiger partial charge in [-0.1, -0.05) is 6.07 Å². The maximum absolute atomic E-state index is 12.8. The molecule has 1 aromatic carbocycles. The van der Waals surface area contributed by atoms with Crippen molar-refractivity contribution in [3.8, 4) is 5.75 Å². The van der Waals surface area contributed by atoms with Gasteiger partial charge in [-0.05, 0) is 93.5 Å². The first-order chi connectivity index (χ1) is 12.5. The van der Waals surface area contributed by atoms with E-state index in [1.807, 2.05) is 20.2 Å². The molecule has 1 aromatic rings. The zero-order valence-corrected chi connectivity index (χ0v) is 17.5. The topological polar surface area (TPSA) is 41.6 Å². The van der Waals surface area contributed by atoms with Crippen LogP contribution in [0.15, 0.2) is 18.2 Å². The Kier molecular flexibility index (Phi) is 6.07. The van der Waals surface area contributed by atoms with Crippen molar-refractivity contribution in [2.45, 2.75) is 43.9 Å². The number of hydrogen-bond donors (Lipinski definition) is 1. The first-order valence-electron chi connectivity index (χ1n) is 10.1. The highest BCUT2D eigenvalue weighted by Gasteiger charge is 2.51. The van der Waals surface area contributed by atoms with E-state index in [9.17, 15) is 4.79 Å². The molecule has 0 atom stereocenters. The predicted molar refractivity (Wildman–Crippen MR) is 104 cm³/mol. The van der Waals surface area contributed by atoms with Crippen molar-refractivity contribution in [3.05, 3.63) is 29.3 Å². The Bertz CT molecular complexity index is 654. The van der Waals surface area contributed by atoms with Crippen LogP contribution in [-0.2, 0) is 5.41 Å². The minimum absolute atomic E-state index is 0. The average Bonchev–Trinajstić information content (AvgIpc) is 2.59. The number of benzene rings is 1. The molecule has 0 aliphatic heterocycles. The van der Waals surface area contributed by atoms with Gasteiger partial charge in [0, 0.05) is 13.1 Å². The number of hydrogen-bond acceptors (Lipinski definition) is 3. The van der Waals surface area contributed by atoms with E-state index in [-0.39, 0.29) is 18.3 Å². The Morgan fingerprint density at radius 2 is 1.74 bits per heavy atom. The van der Waals surface area contributed by atoms with Crippen molar-refractivity contribution in [3.63, 3.8) is 0 Å². The lowest BCUT2D eigenvalue weighted by atomic mass is 9.48. The molecule has 0 saturated heterocycles. The molecule has 0 heterocycles. The summed E-state index contributed by atoms with van der Waals surface area (Å²) in [7, 11) is 5.68. The molecule has 4 bridgehead atoms. The first kappa shape index (κ1) is 20.5. The number of amides is 1. The van der Waals surface area contributed by atoms with Crippen molar-refractivity contribution in [1.29, 1.82) is 0 Å². The molecule has 27 heavy (non-hydrogen) atoms. The van der Waals surface area contributed by atoms with E-state index in [4.69, 9.17) is 4.74 Å². The number of carbonyl (C=O) groups excluding carboxylic acids is 1. The molecule has 5 heteroatoms. The van der Waals surface area contributed by atoms with Gasteiger partial charge < -0.3 is 27.4 Å². The molecular weight excluding hydrogens is 360 g/mol. The van der Waals surface area contributed by atoms with Crippen LogP contribution in [0.1, 0.15) is 54.4 Å². The van der Waals surface area contributed by atoms with E-state index in [0.29, 0.717) is 23.3 Å². The van der Waals surface area contributed by atoms with Crippen LogP contribution in [0, 0.1) is 17.8 Å². The summed E-state index contributed by atoms with van der Waals surface area (Å²) < 4.78 is 5.50. The molecule has 0 aromatic heterocycles. The van der Waals surface area contributed by atoms with Crippen molar-refractivity contribution >= 4 is 5.91 Å². The third kappa shape index (κ3) is 3.97. The molecule has 1 N–H and O–H groups in total. The standard InChI is InChI=1S/C22H32N2O2.ClH/c1-24(2)7-6-23-21(25)19-11-18(4-5-20(19)26-3)22-12-15-8-16(13-22)10-17(9-15)14-22;/h4-5,11,15-17H,6-10,12-14H2,1-3H3,(H,23,25);1H/p-1. The van der Waals surface area contributed by atoms with Crippen LogP contribution in [0.4, 0.5) is 0 Å². The van der Waals surface area contributed by atoms with Crippen molar-refractivity contribution in [2.24, 2.45) is 17.8 Å². The molecule has 0 radical (unpaired) electrons. The highest BCUT2D eigenvalue weighted by atomic mass is 35.5. The fraction of sp³-hybridized carbons (Fsp3) is 0.682. The fourth-order valence-electron chi connectivity index (χ4n) is 6.17. The molecule has 150 valence electrons. The third-order valence-electron chi connectivity index (χ3n) is 6.94. The number of methoxy groups -OCH3 is 1. The quantitative estimate of drug-likeness (QED) is 0.766. The highest BCUT2D eigenvalue weighted by Crippen LogP contribution is 2.60. The number of carbonyl (C=O) groups is 1. The van der Waals surface area contributed by atoms with E-state index in [1.54, 1.807) is 7.11 Å². The smallest absolute Gasteiger partial charge is 0.255 e. The van der Waals surface area contributed by atoms with E-state index >= 15 is 0 Å². The van der Waals surface area contributed by atoms with Gasteiger partial charge in [0.05, 0.1) is 12.7 Å². The molecule has 4 nitrogen and oxygen atoms in total. The van der Waals surface area contributed by atoms with Crippen LogP contribution in [0.3, 0.4) is 0 Å². The monoisotopic (exact) mass is 391 g/mol. The van der Waals surface area contributed by atoms with Crippen LogP contribution < -0.4 is 22.5 Å².